The van der Waals surface area contributed by atoms with Gasteiger partial charge in [0.15, 0.2) is 5.69 Å². The number of carbonyl (C=O) groups excluding carboxylic acids is 2. The van der Waals surface area contributed by atoms with Crippen LogP contribution in [0.25, 0.3) is 22.0 Å². The molecule has 4 rings (SSSR count). The fourth-order valence-corrected chi connectivity index (χ4v) is 3.61. The summed E-state index contributed by atoms with van der Waals surface area (Å²) in [4.78, 5) is 25.5. The Morgan fingerprint density at radius 1 is 1.07 bits per heavy atom. The van der Waals surface area contributed by atoms with Crippen molar-refractivity contribution in [2.24, 2.45) is 11.7 Å². The lowest BCUT2D eigenvalue weighted by Gasteiger charge is -2.18. The van der Waals surface area contributed by atoms with Gasteiger partial charge in [-0.2, -0.15) is 0 Å². The summed E-state index contributed by atoms with van der Waals surface area (Å²) in [5.41, 5.74) is 9.58. The third kappa shape index (κ3) is 3.83. The summed E-state index contributed by atoms with van der Waals surface area (Å²) >= 11 is 0. The van der Waals surface area contributed by atoms with Gasteiger partial charge in [0.1, 0.15) is 0 Å². The lowest BCUT2D eigenvalue weighted by molar-refractivity contribution is 0.0827. The molecule has 1 aromatic heterocycles. The van der Waals surface area contributed by atoms with Crippen molar-refractivity contribution in [1.82, 2.24) is 15.1 Å². The van der Waals surface area contributed by atoms with Crippen LogP contribution in [0.15, 0.2) is 42.5 Å². The number of benzene rings is 2. The van der Waals surface area contributed by atoms with Gasteiger partial charge in [-0.25, -0.2) is 0 Å². The zero-order chi connectivity index (χ0) is 21.4. The summed E-state index contributed by atoms with van der Waals surface area (Å²) in [5, 5.41) is 12.6. The van der Waals surface area contributed by atoms with Gasteiger partial charge in [0.05, 0.1) is 11.2 Å². The van der Waals surface area contributed by atoms with Crippen molar-refractivity contribution in [1.29, 1.82) is 0 Å². The predicted octanol–water partition coefficient (Wildman–Crippen LogP) is 3.31. The molecule has 2 amide bonds. The molecule has 0 bridgehead atoms. The quantitative estimate of drug-likeness (QED) is 0.658. The first-order chi connectivity index (χ1) is 14.3. The highest BCUT2D eigenvalue weighted by atomic mass is 16.2. The normalized spacial score (nSPS) is 14.4. The van der Waals surface area contributed by atoms with Gasteiger partial charge < -0.3 is 16.0 Å². The standard InChI is InChI=1S/C23H25N5O2/c1-13(14-4-5-14)25-20-18-11-10-17(12-19(18)26-27-21(20)22(24)29)15-6-8-16(9-7-15)23(30)28(2)3/h6-14H,4-5H2,1-3H3,(H2,24,29)(H,25,26)/t13-/m1/s1. The molecule has 0 radical (unpaired) electrons. The van der Waals surface area contributed by atoms with Gasteiger partial charge in [-0.1, -0.05) is 18.2 Å². The van der Waals surface area contributed by atoms with Crippen molar-refractivity contribution >= 4 is 28.4 Å². The largest absolute Gasteiger partial charge is 0.380 e. The lowest BCUT2D eigenvalue weighted by Crippen LogP contribution is -2.23. The van der Waals surface area contributed by atoms with Crippen molar-refractivity contribution in [2.45, 2.75) is 25.8 Å². The van der Waals surface area contributed by atoms with Crippen LogP contribution in [0.5, 0.6) is 0 Å². The van der Waals surface area contributed by atoms with E-state index >= 15 is 0 Å². The molecular weight excluding hydrogens is 378 g/mol. The number of nitrogens with two attached hydrogens (primary N) is 1. The molecule has 2 aromatic carbocycles. The van der Waals surface area contributed by atoms with Crippen molar-refractivity contribution in [3.8, 4) is 11.1 Å². The Kier molecular flexibility index (Phi) is 5.11. The molecule has 30 heavy (non-hydrogen) atoms. The van der Waals surface area contributed by atoms with E-state index < -0.39 is 5.91 Å². The summed E-state index contributed by atoms with van der Waals surface area (Å²) in [5.74, 6) is -0.0258. The Morgan fingerprint density at radius 3 is 2.33 bits per heavy atom. The molecule has 3 N–H and O–H groups in total. The molecule has 0 saturated heterocycles. The van der Waals surface area contributed by atoms with Crippen LogP contribution in [0.4, 0.5) is 5.69 Å². The van der Waals surface area contributed by atoms with Gasteiger partial charge in [-0.05, 0) is 61.1 Å². The summed E-state index contributed by atoms with van der Waals surface area (Å²) in [6, 6.07) is 13.5. The second-order valence-electron chi connectivity index (χ2n) is 8.07. The molecule has 1 aliphatic rings. The van der Waals surface area contributed by atoms with Crippen molar-refractivity contribution in [3.63, 3.8) is 0 Å². The number of anilines is 1. The molecule has 3 aromatic rings. The Bertz CT molecular complexity index is 1120. The fraction of sp³-hybridized carbons (Fsp3) is 0.304. The number of rotatable bonds is 6. The molecule has 7 nitrogen and oxygen atoms in total. The first-order valence-corrected chi connectivity index (χ1v) is 10.0. The maximum atomic E-state index is 12.1. The smallest absolute Gasteiger partial charge is 0.271 e. The molecule has 1 heterocycles. The first kappa shape index (κ1) is 19.8. The third-order valence-corrected chi connectivity index (χ3v) is 5.57. The third-order valence-electron chi connectivity index (χ3n) is 5.57. The van der Waals surface area contributed by atoms with E-state index in [1.807, 2.05) is 42.5 Å². The van der Waals surface area contributed by atoms with E-state index in [0.29, 0.717) is 22.7 Å². The molecular formula is C23H25N5O2. The number of carbonyl (C=O) groups is 2. The van der Waals surface area contributed by atoms with Gasteiger partial charge in [-0.3, -0.25) is 9.59 Å². The molecule has 0 aliphatic heterocycles. The van der Waals surface area contributed by atoms with E-state index in [9.17, 15) is 9.59 Å². The highest BCUT2D eigenvalue weighted by Crippen LogP contribution is 2.36. The van der Waals surface area contributed by atoms with Crippen LogP contribution in [0.2, 0.25) is 0 Å². The van der Waals surface area contributed by atoms with E-state index in [2.05, 4.69) is 22.4 Å². The number of hydrogen-bond donors (Lipinski definition) is 2. The van der Waals surface area contributed by atoms with Crippen LogP contribution in [-0.2, 0) is 0 Å². The van der Waals surface area contributed by atoms with Crippen LogP contribution in [-0.4, -0.2) is 47.0 Å². The van der Waals surface area contributed by atoms with Gasteiger partial charge in [0, 0.05) is 31.1 Å². The molecule has 1 atom stereocenters. The number of nitrogens with zero attached hydrogens (tertiary/aromatic N) is 3. The van der Waals surface area contributed by atoms with Crippen LogP contribution in [0.3, 0.4) is 0 Å². The summed E-state index contributed by atoms with van der Waals surface area (Å²) < 4.78 is 0. The van der Waals surface area contributed by atoms with Gasteiger partial charge >= 0.3 is 0 Å². The summed E-state index contributed by atoms with van der Waals surface area (Å²) in [6.45, 7) is 2.11. The zero-order valence-electron chi connectivity index (χ0n) is 17.3. The van der Waals surface area contributed by atoms with E-state index in [4.69, 9.17) is 5.73 Å². The zero-order valence-corrected chi connectivity index (χ0v) is 17.3. The van der Waals surface area contributed by atoms with Gasteiger partial charge in [0.2, 0.25) is 0 Å². The van der Waals surface area contributed by atoms with E-state index in [1.165, 1.54) is 12.8 Å². The van der Waals surface area contributed by atoms with Crippen molar-refractivity contribution in [3.05, 3.63) is 53.7 Å². The maximum absolute atomic E-state index is 12.1. The van der Waals surface area contributed by atoms with E-state index in [0.717, 1.165) is 16.5 Å². The Balaban J connectivity index is 1.71. The summed E-state index contributed by atoms with van der Waals surface area (Å²) in [6.07, 6.45) is 2.37. The molecule has 1 saturated carbocycles. The minimum Gasteiger partial charge on any atom is -0.380 e. The van der Waals surface area contributed by atoms with Gasteiger partial charge in [0.25, 0.3) is 11.8 Å². The van der Waals surface area contributed by atoms with Crippen LogP contribution < -0.4 is 11.1 Å². The highest BCUT2D eigenvalue weighted by molar-refractivity contribution is 6.05. The molecule has 1 fully saturated rings. The SMILES string of the molecule is C[C@@H](Nc1c(C(N)=O)nnc2cc(-c3ccc(C(=O)N(C)C)cc3)ccc12)C1CC1. The minimum atomic E-state index is -0.597. The van der Waals surface area contributed by atoms with Crippen molar-refractivity contribution in [2.75, 3.05) is 19.4 Å². The number of amides is 2. The first-order valence-electron chi connectivity index (χ1n) is 10.0. The Labute approximate surface area is 175 Å². The molecule has 0 unspecified atom stereocenters. The number of nitrogens with one attached hydrogen (secondary N) is 1. The Hall–Kier alpha value is -3.48. The Morgan fingerprint density at radius 2 is 1.73 bits per heavy atom. The molecule has 7 heteroatoms. The predicted molar refractivity (Wildman–Crippen MR) is 117 cm³/mol. The fourth-order valence-electron chi connectivity index (χ4n) is 3.61. The summed E-state index contributed by atoms with van der Waals surface area (Å²) in [7, 11) is 3.46. The van der Waals surface area contributed by atoms with Crippen LogP contribution in [0.1, 0.15) is 40.6 Å². The monoisotopic (exact) mass is 403 g/mol. The van der Waals surface area contributed by atoms with E-state index in [-0.39, 0.29) is 17.6 Å². The number of aromatic nitrogens is 2. The molecule has 154 valence electrons. The molecule has 0 spiro atoms. The number of primary amides is 1. The average molecular weight is 403 g/mol. The van der Waals surface area contributed by atoms with Crippen LogP contribution >= 0.6 is 0 Å². The number of fused-ring (bicyclic) bond motifs is 1. The number of hydrogen-bond acceptors (Lipinski definition) is 5. The lowest BCUT2D eigenvalue weighted by atomic mass is 10.0. The minimum absolute atomic E-state index is 0.0367. The second kappa shape index (κ2) is 7.74. The highest BCUT2D eigenvalue weighted by Gasteiger charge is 2.29. The van der Waals surface area contributed by atoms with E-state index in [1.54, 1.807) is 19.0 Å². The topological polar surface area (TPSA) is 101 Å². The maximum Gasteiger partial charge on any atom is 0.271 e. The van der Waals surface area contributed by atoms with Gasteiger partial charge in [-0.15, -0.1) is 10.2 Å². The van der Waals surface area contributed by atoms with Crippen molar-refractivity contribution < 1.29 is 9.59 Å². The molecule has 1 aliphatic carbocycles. The second-order valence-corrected chi connectivity index (χ2v) is 8.07. The van der Waals surface area contributed by atoms with Crippen LogP contribution in [0, 0.1) is 5.92 Å². The average Bonchev–Trinajstić information content (AvgIpc) is 3.58.